The highest BCUT2D eigenvalue weighted by atomic mass is 14.9. The third kappa shape index (κ3) is 2.22. The van der Waals surface area contributed by atoms with E-state index in [1.54, 1.807) is 6.20 Å². The van der Waals surface area contributed by atoms with E-state index in [9.17, 15) is 0 Å². The maximum Gasteiger partial charge on any atom is 0.131 e. The van der Waals surface area contributed by atoms with Gasteiger partial charge in [0, 0.05) is 5.92 Å². The first-order valence-corrected chi connectivity index (χ1v) is 5.18. The Hall–Kier alpha value is -1.12. The Bertz CT molecular complexity index is 307. The summed E-state index contributed by atoms with van der Waals surface area (Å²) in [5.41, 5.74) is 7.48. The van der Waals surface area contributed by atoms with E-state index in [0.717, 1.165) is 17.9 Å². The van der Waals surface area contributed by atoms with E-state index in [4.69, 9.17) is 5.73 Å². The summed E-state index contributed by atoms with van der Waals surface area (Å²) in [5, 5.41) is 0. The second kappa shape index (κ2) is 4.40. The van der Waals surface area contributed by atoms with E-state index in [0.29, 0.717) is 17.5 Å². The van der Waals surface area contributed by atoms with Crippen molar-refractivity contribution in [3.63, 3.8) is 0 Å². The Morgan fingerprint density at radius 2 is 2.00 bits per heavy atom. The molecule has 0 amide bonds. The van der Waals surface area contributed by atoms with Crippen molar-refractivity contribution in [2.45, 2.75) is 46.0 Å². The zero-order valence-corrected chi connectivity index (χ0v) is 9.41. The molecule has 0 radical (unpaired) electrons. The zero-order valence-electron chi connectivity index (χ0n) is 9.41. The van der Waals surface area contributed by atoms with E-state index in [1.165, 1.54) is 0 Å². The zero-order chi connectivity index (χ0) is 10.7. The smallest absolute Gasteiger partial charge is 0.131 e. The van der Waals surface area contributed by atoms with Gasteiger partial charge in [0.1, 0.15) is 5.82 Å². The van der Waals surface area contributed by atoms with Gasteiger partial charge in [0.05, 0.1) is 17.6 Å². The van der Waals surface area contributed by atoms with Crippen molar-refractivity contribution in [2.24, 2.45) is 0 Å². The minimum Gasteiger partial charge on any atom is -0.396 e. The van der Waals surface area contributed by atoms with Gasteiger partial charge in [-0.25, -0.2) is 9.97 Å². The maximum absolute atomic E-state index is 5.81. The van der Waals surface area contributed by atoms with E-state index < -0.39 is 0 Å². The Labute approximate surface area is 85.8 Å². The first-order valence-electron chi connectivity index (χ1n) is 5.18. The van der Waals surface area contributed by atoms with Crippen LogP contribution in [0.2, 0.25) is 0 Å². The molecule has 0 fully saturated rings. The van der Waals surface area contributed by atoms with Crippen molar-refractivity contribution in [2.75, 3.05) is 5.73 Å². The van der Waals surface area contributed by atoms with Gasteiger partial charge in [0.2, 0.25) is 0 Å². The molecule has 0 spiro atoms. The topological polar surface area (TPSA) is 51.8 Å². The van der Waals surface area contributed by atoms with Gasteiger partial charge in [-0.2, -0.15) is 0 Å². The number of anilines is 1. The lowest BCUT2D eigenvalue weighted by atomic mass is 10.1. The molecule has 0 saturated carbocycles. The quantitative estimate of drug-likeness (QED) is 0.803. The van der Waals surface area contributed by atoms with Crippen molar-refractivity contribution in [1.82, 2.24) is 9.97 Å². The molecule has 1 aromatic heterocycles. The average Bonchev–Trinajstić information content (AvgIpc) is 2.17. The predicted molar refractivity (Wildman–Crippen MR) is 59.2 cm³/mol. The lowest BCUT2D eigenvalue weighted by Crippen LogP contribution is -2.07. The molecule has 1 unspecified atom stereocenters. The van der Waals surface area contributed by atoms with Crippen LogP contribution in [-0.2, 0) is 0 Å². The molecular formula is C11H19N3. The Morgan fingerprint density at radius 3 is 2.50 bits per heavy atom. The highest BCUT2D eigenvalue weighted by Gasteiger charge is 2.11. The molecule has 0 aromatic carbocycles. The van der Waals surface area contributed by atoms with Crippen LogP contribution >= 0.6 is 0 Å². The molecule has 3 nitrogen and oxygen atoms in total. The largest absolute Gasteiger partial charge is 0.396 e. The van der Waals surface area contributed by atoms with Gasteiger partial charge >= 0.3 is 0 Å². The van der Waals surface area contributed by atoms with Crippen LogP contribution < -0.4 is 5.73 Å². The molecule has 0 aliphatic heterocycles. The number of hydrogen-bond donors (Lipinski definition) is 1. The summed E-state index contributed by atoms with van der Waals surface area (Å²) in [5.74, 6) is 1.68. The molecule has 0 aliphatic rings. The fourth-order valence-electron chi connectivity index (χ4n) is 1.30. The Kier molecular flexibility index (Phi) is 3.44. The van der Waals surface area contributed by atoms with Crippen LogP contribution in [0.1, 0.15) is 57.5 Å². The molecule has 0 aliphatic carbocycles. The van der Waals surface area contributed by atoms with E-state index >= 15 is 0 Å². The predicted octanol–water partition coefficient (Wildman–Crippen LogP) is 2.70. The Balaban J connectivity index is 3.06. The van der Waals surface area contributed by atoms with Gasteiger partial charge in [0.15, 0.2) is 0 Å². The SMILES string of the molecule is CCC(C)c1ncc(N)c(C(C)C)n1. The van der Waals surface area contributed by atoms with Crippen LogP contribution in [0.15, 0.2) is 6.20 Å². The molecule has 1 heterocycles. The number of rotatable bonds is 3. The van der Waals surface area contributed by atoms with E-state index in [1.807, 2.05) is 0 Å². The summed E-state index contributed by atoms with van der Waals surface area (Å²) in [6.45, 7) is 8.47. The molecule has 1 rings (SSSR count). The van der Waals surface area contributed by atoms with Gasteiger partial charge in [-0.1, -0.05) is 27.7 Å². The molecule has 14 heavy (non-hydrogen) atoms. The second-order valence-electron chi connectivity index (χ2n) is 4.03. The van der Waals surface area contributed by atoms with Crippen LogP contribution in [0.5, 0.6) is 0 Å². The molecule has 0 bridgehead atoms. The third-order valence-corrected chi connectivity index (χ3v) is 2.47. The summed E-state index contributed by atoms with van der Waals surface area (Å²) >= 11 is 0. The molecule has 3 heteroatoms. The van der Waals surface area contributed by atoms with Crippen molar-refractivity contribution in [3.05, 3.63) is 17.7 Å². The van der Waals surface area contributed by atoms with Crippen LogP contribution in [-0.4, -0.2) is 9.97 Å². The first kappa shape index (κ1) is 11.0. The number of nitrogen functional groups attached to an aromatic ring is 1. The van der Waals surface area contributed by atoms with E-state index in [-0.39, 0.29) is 0 Å². The van der Waals surface area contributed by atoms with Crippen LogP contribution in [0.4, 0.5) is 5.69 Å². The van der Waals surface area contributed by atoms with Crippen molar-refractivity contribution < 1.29 is 0 Å². The molecular weight excluding hydrogens is 174 g/mol. The van der Waals surface area contributed by atoms with Crippen LogP contribution in [0, 0.1) is 0 Å². The van der Waals surface area contributed by atoms with Gasteiger partial charge in [-0.05, 0) is 12.3 Å². The Morgan fingerprint density at radius 1 is 1.36 bits per heavy atom. The van der Waals surface area contributed by atoms with Gasteiger partial charge in [-0.15, -0.1) is 0 Å². The summed E-state index contributed by atoms with van der Waals surface area (Å²) in [6.07, 6.45) is 2.78. The number of hydrogen-bond acceptors (Lipinski definition) is 3. The lowest BCUT2D eigenvalue weighted by molar-refractivity contribution is 0.663. The second-order valence-corrected chi connectivity index (χ2v) is 4.03. The molecule has 1 atom stereocenters. The minimum absolute atomic E-state index is 0.362. The fraction of sp³-hybridized carbons (Fsp3) is 0.636. The van der Waals surface area contributed by atoms with Crippen LogP contribution in [0.3, 0.4) is 0 Å². The fourth-order valence-corrected chi connectivity index (χ4v) is 1.30. The number of aromatic nitrogens is 2. The summed E-state index contributed by atoms with van der Waals surface area (Å²) in [7, 11) is 0. The number of nitrogens with two attached hydrogens (primary N) is 1. The summed E-state index contributed by atoms with van der Waals surface area (Å²) in [6, 6.07) is 0. The summed E-state index contributed by atoms with van der Waals surface area (Å²) < 4.78 is 0. The average molecular weight is 193 g/mol. The molecule has 1 aromatic rings. The highest BCUT2D eigenvalue weighted by Crippen LogP contribution is 2.21. The molecule has 2 N–H and O–H groups in total. The van der Waals surface area contributed by atoms with Crippen molar-refractivity contribution in [3.8, 4) is 0 Å². The lowest BCUT2D eigenvalue weighted by Gasteiger charge is -2.12. The minimum atomic E-state index is 0.362. The molecule has 0 saturated heterocycles. The monoisotopic (exact) mass is 193 g/mol. The van der Waals surface area contributed by atoms with E-state index in [2.05, 4.69) is 37.7 Å². The third-order valence-electron chi connectivity index (χ3n) is 2.47. The standard InChI is InChI=1S/C11H19N3/c1-5-8(4)11-13-6-9(12)10(14-11)7(2)3/h6-8H,5,12H2,1-4H3. The van der Waals surface area contributed by atoms with Crippen LogP contribution in [0.25, 0.3) is 0 Å². The van der Waals surface area contributed by atoms with Crippen molar-refractivity contribution >= 4 is 5.69 Å². The highest BCUT2D eigenvalue weighted by molar-refractivity contribution is 5.42. The summed E-state index contributed by atoms with van der Waals surface area (Å²) in [4.78, 5) is 8.76. The van der Waals surface area contributed by atoms with Gasteiger partial charge < -0.3 is 5.73 Å². The van der Waals surface area contributed by atoms with Gasteiger partial charge in [0.25, 0.3) is 0 Å². The van der Waals surface area contributed by atoms with Crippen molar-refractivity contribution in [1.29, 1.82) is 0 Å². The molecule has 78 valence electrons. The normalized spacial score (nSPS) is 13.2. The maximum atomic E-state index is 5.81. The first-order chi connectivity index (χ1) is 6.56. The number of nitrogens with zero attached hydrogens (tertiary/aromatic N) is 2. The van der Waals surface area contributed by atoms with Gasteiger partial charge in [-0.3, -0.25) is 0 Å².